The molecule has 0 unspecified atom stereocenters. The van der Waals surface area contributed by atoms with Gasteiger partial charge in [0.1, 0.15) is 5.75 Å². The van der Waals surface area contributed by atoms with Gasteiger partial charge in [-0.3, -0.25) is 4.90 Å². The Morgan fingerprint density at radius 3 is 2.50 bits per heavy atom. The molecule has 1 atom stereocenters. The molecule has 0 bridgehead atoms. The average Bonchev–Trinajstić information content (AvgIpc) is 3.04. The number of nitrogens with zero attached hydrogens (tertiary/aromatic N) is 1. The summed E-state index contributed by atoms with van der Waals surface area (Å²) in [5.74, 6) is -1.70. The van der Waals surface area contributed by atoms with Gasteiger partial charge in [0.25, 0.3) is 0 Å². The summed E-state index contributed by atoms with van der Waals surface area (Å²) in [6, 6.07) is 0.745. The van der Waals surface area contributed by atoms with Crippen LogP contribution in [-0.4, -0.2) is 36.2 Å². The van der Waals surface area contributed by atoms with E-state index in [1.54, 1.807) is 0 Å². The number of hydrogen-bond donors (Lipinski definition) is 2. The van der Waals surface area contributed by atoms with Gasteiger partial charge >= 0.3 is 0 Å². The molecule has 1 aromatic rings. The zero-order valence-corrected chi connectivity index (χ0v) is 14.0. The summed E-state index contributed by atoms with van der Waals surface area (Å²) in [7, 11) is 0. The lowest BCUT2D eigenvalue weighted by Gasteiger charge is -2.39. The average molecular weight is 375 g/mol. The van der Waals surface area contributed by atoms with Crippen LogP contribution in [0.2, 0.25) is 0 Å². The fourth-order valence-corrected chi connectivity index (χ4v) is 4.24. The summed E-state index contributed by atoms with van der Waals surface area (Å²) in [6.07, 6.45) is 4.24. The van der Waals surface area contributed by atoms with Gasteiger partial charge in [-0.2, -0.15) is 0 Å². The molecule has 1 aliphatic heterocycles. The van der Waals surface area contributed by atoms with Crippen molar-refractivity contribution in [1.29, 1.82) is 0 Å². The van der Waals surface area contributed by atoms with E-state index in [1.807, 2.05) is 0 Å². The lowest BCUT2D eigenvalue weighted by molar-refractivity contribution is 0.119. The van der Waals surface area contributed by atoms with Crippen molar-refractivity contribution >= 4 is 15.9 Å². The second kappa shape index (κ2) is 6.81. The van der Waals surface area contributed by atoms with Crippen molar-refractivity contribution < 1.29 is 13.9 Å². The van der Waals surface area contributed by atoms with E-state index in [0.717, 1.165) is 57.9 Å². The SMILES string of the molecule is Oc1c(Br)cc(F)c(F)c1[C@@H](C1CCCC1)N1CCNCC1. The highest BCUT2D eigenvalue weighted by Crippen LogP contribution is 2.45. The van der Waals surface area contributed by atoms with Gasteiger partial charge in [-0.15, -0.1) is 0 Å². The summed E-state index contributed by atoms with van der Waals surface area (Å²) in [4.78, 5) is 2.19. The van der Waals surface area contributed by atoms with Gasteiger partial charge in [0.05, 0.1) is 10.0 Å². The molecule has 2 N–H and O–H groups in total. The summed E-state index contributed by atoms with van der Waals surface area (Å²) >= 11 is 3.14. The Bertz CT molecular complexity index is 517. The fraction of sp³-hybridized carbons (Fsp3) is 0.625. The number of halogens is 3. The Labute approximate surface area is 137 Å². The van der Waals surface area contributed by atoms with Crippen LogP contribution < -0.4 is 5.32 Å². The molecule has 0 radical (unpaired) electrons. The minimum absolute atomic E-state index is 0.126. The number of benzene rings is 1. The highest BCUT2D eigenvalue weighted by Gasteiger charge is 2.36. The molecule has 6 heteroatoms. The van der Waals surface area contributed by atoms with Crippen LogP contribution in [0.4, 0.5) is 8.78 Å². The third kappa shape index (κ3) is 3.01. The van der Waals surface area contributed by atoms with Crippen LogP contribution in [0.15, 0.2) is 10.5 Å². The van der Waals surface area contributed by atoms with Crippen molar-refractivity contribution in [3.05, 3.63) is 27.7 Å². The fourth-order valence-electron chi connectivity index (χ4n) is 3.82. The Morgan fingerprint density at radius 2 is 1.86 bits per heavy atom. The number of phenolic OH excluding ortho intramolecular Hbond substituents is 1. The van der Waals surface area contributed by atoms with Gasteiger partial charge in [-0.1, -0.05) is 12.8 Å². The third-order valence-electron chi connectivity index (χ3n) is 4.87. The van der Waals surface area contributed by atoms with Crippen molar-refractivity contribution in [1.82, 2.24) is 10.2 Å². The summed E-state index contributed by atoms with van der Waals surface area (Å²) in [6.45, 7) is 3.24. The minimum atomic E-state index is -0.906. The van der Waals surface area contributed by atoms with Crippen LogP contribution >= 0.6 is 15.9 Å². The topological polar surface area (TPSA) is 35.5 Å². The number of piperazine rings is 1. The molecule has 1 saturated carbocycles. The van der Waals surface area contributed by atoms with Crippen LogP contribution in [-0.2, 0) is 0 Å². The van der Waals surface area contributed by atoms with Crippen molar-refractivity contribution in [2.45, 2.75) is 31.7 Å². The maximum Gasteiger partial charge on any atom is 0.167 e. The van der Waals surface area contributed by atoms with Gasteiger partial charge in [0, 0.05) is 32.2 Å². The van der Waals surface area contributed by atoms with Gasteiger partial charge in [0.2, 0.25) is 0 Å². The first-order valence-electron chi connectivity index (χ1n) is 7.90. The summed E-state index contributed by atoms with van der Waals surface area (Å²) in [5.41, 5.74) is 0.126. The molecule has 2 aliphatic rings. The van der Waals surface area contributed by atoms with Crippen molar-refractivity contribution in [3.63, 3.8) is 0 Å². The minimum Gasteiger partial charge on any atom is -0.506 e. The molecule has 0 aromatic heterocycles. The highest BCUT2D eigenvalue weighted by molar-refractivity contribution is 9.10. The lowest BCUT2D eigenvalue weighted by Crippen LogP contribution is -2.47. The van der Waals surface area contributed by atoms with Gasteiger partial charge < -0.3 is 10.4 Å². The molecular weight excluding hydrogens is 354 g/mol. The van der Waals surface area contributed by atoms with Gasteiger partial charge in [-0.05, 0) is 40.8 Å². The number of phenols is 1. The van der Waals surface area contributed by atoms with Crippen molar-refractivity contribution in [3.8, 4) is 5.75 Å². The maximum atomic E-state index is 14.5. The number of nitrogens with one attached hydrogen (secondary N) is 1. The van der Waals surface area contributed by atoms with Crippen LogP contribution in [0.3, 0.4) is 0 Å². The Hall–Kier alpha value is -0.720. The van der Waals surface area contributed by atoms with E-state index in [9.17, 15) is 13.9 Å². The van der Waals surface area contributed by atoms with E-state index in [1.165, 1.54) is 0 Å². The molecule has 3 rings (SSSR count). The molecule has 0 amide bonds. The van der Waals surface area contributed by atoms with Crippen LogP contribution in [0.1, 0.15) is 37.3 Å². The third-order valence-corrected chi connectivity index (χ3v) is 5.47. The standard InChI is InChI=1S/C16H21BrF2N2O/c17-11-9-12(18)14(19)13(16(11)22)15(10-3-1-2-4-10)21-7-5-20-6-8-21/h9-10,15,20,22H,1-8H2/t15-/m1/s1. The van der Waals surface area contributed by atoms with E-state index in [-0.39, 0.29) is 27.7 Å². The first-order chi connectivity index (χ1) is 10.6. The van der Waals surface area contributed by atoms with Crippen molar-refractivity contribution in [2.75, 3.05) is 26.2 Å². The first-order valence-corrected chi connectivity index (χ1v) is 8.70. The second-order valence-corrected chi connectivity index (χ2v) is 7.05. The first kappa shape index (κ1) is 16.1. The molecule has 1 heterocycles. The van der Waals surface area contributed by atoms with Crippen LogP contribution in [0.25, 0.3) is 0 Å². The molecule has 3 nitrogen and oxygen atoms in total. The second-order valence-electron chi connectivity index (χ2n) is 6.19. The lowest BCUT2D eigenvalue weighted by atomic mass is 9.88. The molecule has 1 aromatic carbocycles. The molecule has 22 heavy (non-hydrogen) atoms. The van der Waals surface area contributed by atoms with Crippen molar-refractivity contribution in [2.24, 2.45) is 5.92 Å². The van der Waals surface area contributed by atoms with Gasteiger partial charge in [0.15, 0.2) is 11.6 Å². The van der Waals surface area contributed by atoms with Crippen LogP contribution in [0, 0.1) is 17.6 Å². The number of hydrogen-bond acceptors (Lipinski definition) is 3. The Kier molecular flexibility index (Phi) is 5.00. The molecule has 2 fully saturated rings. The van der Waals surface area contributed by atoms with E-state index in [4.69, 9.17) is 0 Å². The zero-order valence-electron chi connectivity index (χ0n) is 12.4. The molecular formula is C16H21BrF2N2O. The number of rotatable bonds is 3. The van der Waals surface area contributed by atoms with Gasteiger partial charge in [-0.25, -0.2) is 8.78 Å². The predicted molar refractivity (Wildman–Crippen MR) is 84.9 cm³/mol. The molecule has 122 valence electrons. The van der Waals surface area contributed by atoms with Crippen LogP contribution in [0.5, 0.6) is 5.75 Å². The zero-order chi connectivity index (χ0) is 15.7. The van der Waals surface area contributed by atoms with E-state index in [2.05, 4.69) is 26.1 Å². The Balaban J connectivity index is 2.05. The molecule has 0 spiro atoms. The Morgan fingerprint density at radius 1 is 1.23 bits per heavy atom. The highest BCUT2D eigenvalue weighted by atomic mass is 79.9. The monoisotopic (exact) mass is 374 g/mol. The van der Waals surface area contributed by atoms with E-state index >= 15 is 0 Å². The molecule has 1 saturated heterocycles. The number of aromatic hydroxyl groups is 1. The maximum absolute atomic E-state index is 14.5. The quantitative estimate of drug-likeness (QED) is 0.793. The largest absolute Gasteiger partial charge is 0.506 e. The summed E-state index contributed by atoms with van der Waals surface area (Å²) < 4.78 is 28.6. The predicted octanol–water partition coefficient (Wildman–Crippen LogP) is 3.57. The normalized spacial score (nSPS) is 22.1. The smallest absolute Gasteiger partial charge is 0.167 e. The van der Waals surface area contributed by atoms with E-state index < -0.39 is 11.6 Å². The van der Waals surface area contributed by atoms with E-state index in [0.29, 0.717) is 0 Å². The summed E-state index contributed by atoms with van der Waals surface area (Å²) in [5, 5.41) is 13.7. The molecule has 1 aliphatic carbocycles.